The molecule has 1 amide bonds. The van der Waals surface area contributed by atoms with Crippen molar-refractivity contribution < 1.29 is 23.8 Å². The lowest BCUT2D eigenvalue weighted by molar-refractivity contribution is -0.140. The van der Waals surface area contributed by atoms with Crippen molar-refractivity contribution in [3.8, 4) is 11.5 Å². The van der Waals surface area contributed by atoms with Crippen molar-refractivity contribution in [1.29, 1.82) is 0 Å². The van der Waals surface area contributed by atoms with E-state index in [1.807, 2.05) is 4.90 Å². The summed E-state index contributed by atoms with van der Waals surface area (Å²) in [5.74, 6) is 0.770. The van der Waals surface area contributed by atoms with E-state index >= 15 is 0 Å². The third-order valence-electron chi connectivity index (χ3n) is 5.72. The number of rotatable bonds is 3. The van der Waals surface area contributed by atoms with Crippen LogP contribution in [0.4, 0.5) is 0 Å². The van der Waals surface area contributed by atoms with Gasteiger partial charge in [-0.2, -0.15) is 0 Å². The average Bonchev–Trinajstić information content (AvgIpc) is 2.71. The molecule has 146 valence electrons. The number of halogens is 1. The number of hydrogen-bond donors (Lipinski definition) is 0. The fourth-order valence-corrected chi connectivity index (χ4v) is 4.72. The number of likely N-dealkylation sites (tertiary alicyclic amines) is 1. The minimum absolute atomic E-state index is 0.108. The van der Waals surface area contributed by atoms with Gasteiger partial charge in [0.05, 0.1) is 10.6 Å². The largest absolute Gasteiger partial charge is 0.486 e. The van der Waals surface area contributed by atoms with Crippen LogP contribution < -0.4 is 9.47 Å². The van der Waals surface area contributed by atoms with Crippen molar-refractivity contribution in [1.82, 2.24) is 4.90 Å². The van der Waals surface area contributed by atoms with Crippen LogP contribution in [0.5, 0.6) is 11.5 Å². The van der Waals surface area contributed by atoms with Gasteiger partial charge in [0, 0.05) is 12.6 Å². The second-order valence-corrected chi connectivity index (χ2v) is 7.81. The number of carbonyl (C=O) groups excluding carboxylic acids is 2. The maximum absolute atomic E-state index is 12.7. The van der Waals surface area contributed by atoms with Crippen LogP contribution >= 0.6 is 11.6 Å². The number of ether oxygens (including phenoxy) is 3. The van der Waals surface area contributed by atoms with Crippen molar-refractivity contribution in [3.05, 3.63) is 22.7 Å². The first-order chi connectivity index (χ1) is 13.1. The van der Waals surface area contributed by atoms with Gasteiger partial charge in [-0.15, -0.1) is 0 Å². The molecule has 1 aliphatic carbocycles. The van der Waals surface area contributed by atoms with Crippen molar-refractivity contribution >= 4 is 23.5 Å². The molecule has 2 fully saturated rings. The van der Waals surface area contributed by atoms with Gasteiger partial charge < -0.3 is 19.1 Å². The molecule has 6 nitrogen and oxygen atoms in total. The van der Waals surface area contributed by atoms with Gasteiger partial charge in [-0.3, -0.25) is 4.79 Å². The SMILES string of the molecule is O=C(OCC(=O)N1CCC[C@H]2CCCC[C@@H]21)c1cc(Cl)c2c(c1)OCCO2. The zero-order valence-electron chi connectivity index (χ0n) is 15.2. The highest BCUT2D eigenvalue weighted by molar-refractivity contribution is 6.32. The summed E-state index contributed by atoms with van der Waals surface area (Å²) in [5.41, 5.74) is 0.256. The molecule has 1 aromatic carbocycles. The lowest BCUT2D eigenvalue weighted by Crippen LogP contribution is -2.50. The van der Waals surface area contributed by atoms with Crippen LogP contribution in [-0.2, 0) is 9.53 Å². The zero-order chi connectivity index (χ0) is 18.8. The maximum Gasteiger partial charge on any atom is 0.338 e. The van der Waals surface area contributed by atoms with Gasteiger partial charge in [0.1, 0.15) is 13.2 Å². The van der Waals surface area contributed by atoms with E-state index in [2.05, 4.69) is 0 Å². The van der Waals surface area contributed by atoms with Gasteiger partial charge in [0.25, 0.3) is 5.91 Å². The molecule has 0 radical (unpaired) electrons. The van der Waals surface area contributed by atoms with E-state index in [1.165, 1.54) is 31.7 Å². The molecule has 0 spiro atoms. The van der Waals surface area contributed by atoms with Crippen LogP contribution in [0.25, 0.3) is 0 Å². The Morgan fingerprint density at radius 1 is 1.11 bits per heavy atom. The summed E-state index contributed by atoms with van der Waals surface area (Å²) in [6.07, 6.45) is 6.90. The number of hydrogen-bond acceptors (Lipinski definition) is 5. The number of amides is 1. The summed E-state index contributed by atoms with van der Waals surface area (Å²) in [6.45, 7) is 1.34. The predicted octanol–water partition coefficient (Wildman–Crippen LogP) is 3.45. The summed E-state index contributed by atoms with van der Waals surface area (Å²) in [7, 11) is 0. The normalized spacial score (nSPS) is 24.1. The first-order valence-electron chi connectivity index (χ1n) is 9.69. The second-order valence-electron chi connectivity index (χ2n) is 7.40. The molecular formula is C20H24ClNO5. The molecule has 2 aliphatic heterocycles. The van der Waals surface area contributed by atoms with Crippen LogP contribution in [0.1, 0.15) is 48.9 Å². The number of fused-ring (bicyclic) bond motifs is 2. The Morgan fingerprint density at radius 2 is 1.89 bits per heavy atom. The van der Waals surface area contributed by atoms with Crippen molar-refractivity contribution in [2.75, 3.05) is 26.4 Å². The van der Waals surface area contributed by atoms with Crippen LogP contribution in [0.2, 0.25) is 5.02 Å². The molecule has 1 saturated heterocycles. The third kappa shape index (κ3) is 3.86. The number of piperidine rings is 1. The highest BCUT2D eigenvalue weighted by Crippen LogP contribution is 2.38. The summed E-state index contributed by atoms with van der Waals surface area (Å²) in [5, 5.41) is 0.298. The Labute approximate surface area is 163 Å². The minimum atomic E-state index is -0.584. The van der Waals surface area contributed by atoms with Gasteiger partial charge >= 0.3 is 5.97 Å². The molecule has 0 unspecified atom stereocenters. The molecule has 7 heteroatoms. The molecule has 3 aliphatic rings. The summed E-state index contributed by atoms with van der Waals surface area (Å²) >= 11 is 6.16. The van der Waals surface area contributed by atoms with Gasteiger partial charge in [-0.05, 0) is 43.7 Å². The highest BCUT2D eigenvalue weighted by Gasteiger charge is 2.35. The van der Waals surface area contributed by atoms with E-state index in [4.69, 9.17) is 25.8 Å². The Morgan fingerprint density at radius 3 is 2.78 bits per heavy atom. The van der Waals surface area contributed by atoms with Gasteiger partial charge in [-0.25, -0.2) is 4.79 Å². The van der Waals surface area contributed by atoms with E-state index in [1.54, 1.807) is 6.07 Å². The number of benzene rings is 1. The van der Waals surface area contributed by atoms with Crippen molar-refractivity contribution in [2.24, 2.45) is 5.92 Å². The van der Waals surface area contributed by atoms with Crippen LogP contribution in [0.15, 0.2) is 12.1 Å². The summed E-state index contributed by atoms with van der Waals surface area (Å²) in [6, 6.07) is 3.34. The van der Waals surface area contributed by atoms with Crippen molar-refractivity contribution in [3.63, 3.8) is 0 Å². The average molecular weight is 394 g/mol. The molecule has 27 heavy (non-hydrogen) atoms. The number of nitrogens with zero attached hydrogens (tertiary/aromatic N) is 1. The monoisotopic (exact) mass is 393 g/mol. The molecule has 2 atom stereocenters. The molecule has 1 aromatic rings. The molecule has 4 rings (SSSR count). The Hall–Kier alpha value is -1.95. The van der Waals surface area contributed by atoms with Crippen LogP contribution in [0.3, 0.4) is 0 Å². The Bertz CT molecular complexity index is 735. The zero-order valence-corrected chi connectivity index (χ0v) is 16.0. The van der Waals surface area contributed by atoms with E-state index in [9.17, 15) is 9.59 Å². The molecule has 1 saturated carbocycles. The number of esters is 1. The van der Waals surface area contributed by atoms with Gasteiger partial charge in [-0.1, -0.05) is 24.4 Å². The highest BCUT2D eigenvalue weighted by atomic mass is 35.5. The number of carbonyl (C=O) groups is 2. The summed E-state index contributed by atoms with van der Waals surface area (Å²) < 4.78 is 16.2. The third-order valence-corrected chi connectivity index (χ3v) is 6.00. The topological polar surface area (TPSA) is 65.1 Å². The molecule has 0 aromatic heterocycles. The Balaban J connectivity index is 1.39. The van der Waals surface area contributed by atoms with Crippen LogP contribution in [0, 0.1) is 5.92 Å². The molecule has 2 heterocycles. The van der Waals surface area contributed by atoms with E-state index in [0.29, 0.717) is 41.7 Å². The lowest BCUT2D eigenvalue weighted by atomic mass is 9.78. The fourth-order valence-electron chi connectivity index (χ4n) is 4.46. The first-order valence-corrected chi connectivity index (χ1v) is 10.1. The molecular weight excluding hydrogens is 370 g/mol. The molecule has 0 N–H and O–H groups in total. The van der Waals surface area contributed by atoms with E-state index in [-0.39, 0.29) is 18.1 Å². The van der Waals surface area contributed by atoms with Gasteiger partial charge in [0.15, 0.2) is 18.1 Å². The standard InChI is InChI=1S/C20H24ClNO5/c21-15-10-14(11-17-19(15)26-9-8-25-17)20(24)27-12-18(23)22-7-3-5-13-4-1-2-6-16(13)22/h10-11,13,16H,1-9,12H2/t13-,16+/m1/s1. The fraction of sp³-hybridized carbons (Fsp3) is 0.600. The van der Waals surface area contributed by atoms with Gasteiger partial charge in [0.2, 0.25) is 0 Å². The smallest absolute Gasteiger partial charge is 0.338 e. The minimum Gasteiger partial charge on any atom is -0.486 e. The second kappa shape index (κ2) is 7.97. The van der Waals surface area contributed by atoms with Crippen molar-refractivity contribution in [2.45, 2.75) is 44.6 Å². The van der Waals surface area contributed by atoms with E-state index in [0.717, 1.165) is 19.4 Å². The van der Waals surface area contributed by atoms with Crippen LogP contribution in [-0.4, -0.2) is 49.2 Å². The molecule has 0 bridgehead atoms. The quantitative estimate of drug-likeness (QED) is 0.736. The Kier molecular flexibility index (Phi) is 5.43. The first kappa shape index (κ1) is 18.4. The predicted molar refractivity (Wildman–Crippen MR) is 99.4 cm³/mol. The lowest BCUT2D eigenvalue weighted by Gasteiger charge is -2.44. The summed E-state index contributed by atoms with van der Waals surface area (Å²) in [4.78, 5) is 27.0. The maximum atomic E-state index is 12.7. The van der Waals surface area contributed by atoms with E-state index < -0.39 is 5.97 Å².